The second kappa shape index (κ2) is 12.3. The van der Waals surface area contributed by atoms with E-state index in [1.807, 2.05) is 12.2 Å². The van der Waals surface area contributed by atoms with Crippen molar-refractivity contribution in [3.63, 3.8) is 0 Å². The first-order chi connectivity index (χ1) is 20.0. The first-order valence-electron chi connectivity index (χ1n) is 12.6. The van der Waals surface area contributed by atoms with Crippen LogP contribution in [0, 0.1) is 11.8 Å². The lowest BCUT2D eigenvalue weighted by molar-refractivity contribution is -0.154. The van der Waals surface area contributed by atoms with Gasteiger partial charge in [-0.3, -0.25) is 19.2 Å². The van der Waals surface area contributed by atoms with Crippen LogP contribution in [-0.2, 0) is 9.59 Å². The molecule has 0 spiro atoms. The molecule has 214 valence electrons. The van der Waals surface area contributed by atoms with E-state index >= 15 is 0 Å². The summed E-state index contributed by atoms with van der Waals surface area (Å²) in [6, 6.07) is 14.1. The highest BCUT2D eigenvalue weighted by molar-refractivity contribution is 6.37. The van der Waals surface area contributed by atoms with Gasteiger partial charge >= 0.3 is 5.97 Å². The van der Waals surface area contributed by atoms with Gasteiger partial charge in [-0.15, -0.1) is 0 Å². The highest BCUT2D eigenvalue weighted by atomic mass is 35.5. The first kappa shape index (κ1) is 29.8. The van der Waals surface area contributed by atoms with Gasteiger partial charge in [0.2, 0.25) is 0 Å². The summed E-state index contributed by atoms with van der Waals surface area (Å²) in [4.78, 5) is 66.3. The minimum absolute atomic E-state index is 0.00455. The van der Waals surface area contributed by atoms with Gasteiger partial charge in [0.05, 0.1) is 33.0 Å². The third-order valence-corrected chi connectivity index (χ3v) is 8.05. The van der Waals surface area contributed by atoms with Gasteiger partial charge in [-0.2, -0.15) is 5.01 Å². The van der Waals surface area contributed by atoms with Crippen molar-refractivity contribution < 1.29 is 28.7 Å². The maximum atomic E-state index is 13.7. The van der Waals surface area contributed by atoms with E-state index in [1.165, 1.54) is 60.7 Å². The Balaban J connectivity index is 1.39. The number of imide groups is 1. The highest BCUT2D eigenvalue weighted by Gasteiger charge is 2.51. The quantitative estimate of drug-likeness (QED) is 0.0931. The fourth-order valence-electron chi connectivity index (χ4n) is 4.81. The average molecular weight is 646 g/mol. The molecule has 0 unspecified atom stereocenters. The van der Waals surface area contributed by atoms with Crippen LogP contribution in [0.4, 0.5) is 0 Å². The summed E-state index contributed by atoms with van der Waals surface area (Å²) in [6.07, 6.45) is 4.34. The standard InChI is InChI=1S/C30H20Cl4N2O6/c31-17-7-11-22(24(33)13-17)27(38)35(36-28(39)20-3-1-2-4-21(20)29(36)40)15-26(37)16-5-9-19(10-6-16)42-30(41)23-12-8-18(32)14-25(23)34/h1-2,5-14,20-21H,3-4,15H2/t20-,21-/m1/s1. The number of hydrogen-bond acceptors (Lipinski definition) is 6. The number of fused-ring (bicyclic) bond motifs is 1. The Morgan fingerprint density at radius 2 is 1.29 bits per heavy atom. The van der Waals surface area contributed by atoms with Crippen molar-refractivity contribution in [2.45, 2.75) is 12.8 Å². The maximum absolute atomic E-state index is 13.7. The van der Waals surface area contributed by atoms with Gasteiger partial charge in [0.1, 0.15) is 12.3 Å². The molecular weight excluding hydrogens is 626 g/mol. The Kier molecular flexibility index (Phi) is 8.70. The summed E-state index contributed by atoms with van der Waals surface area (Å²) in [5.74, 6) is -4.38. The van der Waals surface area contributed by atoms with Crippen LogP contribution in [0.3, 0.4) is 0 Å². The number of carbonyl (C=O) groups is 5. The Hall–Kier alpha value is -3.69. The molecule has 3 amide bonds. The predicted molar refractivity (Wildman–Crippen MR) is 157 cm³/mol. The molecule has 1 saturated heterocycles. The number of allylic oxidation sites excluding steroid dienone is 2. The zero-order chi connectivity index (χ0) is 30.1. The zero-order valence-electron chi connectivity index (χ0n) is 21.6. The largest absolute Gasteiger partial charge is 0.423 e. The second-order valence-electron chi connectivity index (χ2n) is 9.59. The molecule has 5 rings (SSSR count). The molecule has 2 aliphatic rings. The van der Waals surface area contributed by atoms with Gasteiger partial charge in [0.25, 0.3) is 17.7 Å². The Bertz CT molecular complexity index is 1630. The van der Waals surface area contributed by atoms with Crippen molar-refractivity contribution >= 4 is 75.9 Å². The van der Waals surface area contributed by atoms with Gasteiger partial charge in [0.15, 0.2) is 5.78 Å². The fourth-order valence-corrected chi connectivity index (χ4v) is 5.78. The highest BCUT2D eigenvalue weighted by Crippen LogP contribution is 2.37. The van der Waals surface area contributed by atoms with E-state index in [0.29, 0.717) is 17.9 Å². The number of benzene rings is 3. The minimum Gasteiger partial charge on any atom is -0.423 e. The third-order valence-electron chi connectivity index (χ3n) is 6.95. The number of carbonyl (C=O) groups excluding carboxylic acids is 5. The van der Waals surface area contributed by atoms with Crippen LogP contribution in [0.5, 0.6) is 5.75 Å². The Morgan fingerprint density at radius 3 is 1.81 bits per heavy atom. The van der Waals surface area contributed by atoms with Crippen LogP contribution >= 0.6 is 46.4 Å². The summed E-state index contributed by atoms with van der Waals surface area (Å²) in [5.41, 5.74) is 0.204. The van der Waals surface area contributed by atoms with Crippen molar-refractivity contribution in [2.75, 3.05) is 6.54 Å². The molecule has 42 heavy (non-hydrogen) atoms. The van der Waals surface area contributed by atoms with Crippen LogP contribution in [0.2, 0.25) is 20.1 Å². The van der Waals surface area contributed by atoms with Crippen LogP contribution in [0.15, 0.2) is 72.8 Å². The van der Waals surface area contributed by atoms with E-state index in [4.69, 9.17) is 51.1 Å². The number of ketones is 1. The third kappa shape index (κ3) is 5.94. The number of nitrogens with zero attached hydrogens (tertiary/aromatic N) is 2. The van der Waals surface area contributed by atoms with Gasteiger partial charge in [-0.1, -0.05) is 58.6 Å². The molecule has 1 aliphatic carbocycles. The van der Waals surface area contributed by atoms with Gasteiger partial charge < -0.3 is 4.74 Å². The number of esters is 1. The average Bonchev–Trinajstić information content (AvgIpc) is 3.21. The predicted octanol–water partition coefficient (Wildman–Crippen LogP) is 6.71. The number of hydrogen-bond donors (Lipinski definition) is 0. The summed E-state index contributed by atoms with van der Waals surface area (Å²) in [6.45, 7) is -0.637. The lowest BCUT2D eigenvalue weighted by Crippen LogP contribution is -2.52. The molecule has 1 heterocycles. The molecule has 1 fully saturated rings. The summed E-state index contributed by atoms with van der Waals surface area (Å²) >= 11 is 24.2. The molecule has 1 aliphatic heterocycles. The molecular formula is C30H20Cl4N2O6. The smallest absolute Gasteiger partial charge is 0.345 e. The topological polar surface area (TPSA) is 101 Å². The summed E-state index contributed by atoms with van der Waals surface area (Å²) in [7, 11) is 0. The normalized spacial score (nSPS) is 17.7. The van der Waals surface area contributed by atoms with Crippen LogP contribution in [0.25, 0.3) is 0 Å². The number of hydrazine groups is 1. The molecule has 0 saturated carbocycles. The number of ether oxygens (including phenoxy) is 1. The van der Waals surface area contributed by atoms with Gasteiger partial charge in [-0.25, -0.2) is 9.80 Å². The number of amides is 3. The van der Waals surface area contributed by atoms with Crippen LogP contribution in [-0.4, -0.2) is 46.0 Å². The molecule has 0 radical (unpaired) electrons. The molecule has 12 heteroatoms. The number of rotatable bonds is 7. The van der Waals surface area contributed by atoms with Crippen molar-refractivity contribution in [3.05, 3.63) is 110 Å². The van der Waals surface area contributed by atoms with Gasteiger partial charge in [-0.05, 0) is 73.5 Å². The van der Waals surface area contributed by atoms with Crippen molar-refractivity contribution in [1.29, 1.82) is 0 Å². The van der Waals surface area contributed by atoms with Crippen LogP contribution < -0.4 is 4.74 Å². The number of halogens is 4. The molecule has 0 aromatic heterocycles. The van der Waals surface area contributed by atoms with E-state index in [1.54, 1.807) is 0 Å². The van der Waals surface area contributed by atoms with E-state index in [2.05, 4.69) is 0 Å². The van der Waals surface area contributed by atoms with Gasteiger partial charge in [0, 0.05) is 15.6 Å². The zero-order valence-corrected chi connectivity index (χ0v) is 24.6. The molecule has 0 bridgehead atoms. The lowest BCUT2D eigenvalue weighted by Gasteiger charge is -2.30. The van der Waals surface area contributed by atoms with E-state index in [-0.39, 0.29) is 37.5 Å². The molecule has 0 N–H and O–H groups in total. The molecule has 3 aromatic carbocycles. The summed E-state index contributed by atoms with van der Waals surface area (Å²) in [5, 5.41) is 2.35. The van der Waals surface area contributed by atoms with Crippen molar-refractivity contribution in [1.82, 2.24) is 10.0 Å². The molecule has 8 nitrogen and oxygen atoms in total. The Morgan fingerprint density at radius 1 is 0.762 bits per heavy atom. The first-order valence-corrected chi connectivity index (χ1v) is 14.2. The van der Waals surface area contributed by atoms with Crippen LogP contribution in [0.1, 0.15) is 43.9 Å². The monoisotopic (exact) mass is 644 g/mol. The van der Waals surface area contributed by atoms with E-state index < -0.39 is 47.9 Å². The second-order valence-corrected chi connectivity index (χ2v) is 11.3. The minimum atomic E-state index is -0.816. The maximum Gasteiger partial charge on any atom is 0.345 e. The lowest BCUT2D eigenvalue weighted by atomic mass is 9.85. The number of Topliss-reactive ketones (excluding diaryl/α,β-unsaturated/α-hetero) is 1. The summed E-state index contributed by atoms with van der Waals surface area (Å²) < 4.78 is 5.35. The van der Waals surface area contributed by atoms with Crippen molar-refractivity contribution in [3.8, 4) is 5.75 Å². The fraction of sp³-hybridized carbons (Fsp3) is 0.167. The SMILES string of the molecule is O=C(CN(C(=O)c1ccc(Cl)cc1Cl)N1C(=O)[C@@H]2CC=CC[C@H]2C1=O)c1ccc(OC(=O)c2ccc(Cl)cc2Cl)cc1. The Labute approximate surface area is 260 Å². The van der Waals surface area contributed by atoms with Crippen molar-refractivity contribution in [2.24, 2.45) is 11.8 Å². The molecule has 3 aromatic rings. The van der Waals surface area contributed by atoms with E-state index in [9.17, 15) is 24.0 Å². The van der Waals surface area contributed by atoms with E-state index in [0.717, 1.165) is 10.0 Å². The molecule has 2 atom stereocenters.